The first-order valence-electron chi connectivity index (χ1n) is 5.87. The molecule has 1 aliphatic rings. The van der Waals surface area contributed by atoms with Crippen LogP contribution in [0.25, 0.3) is 0 Å². The maximum Gasteiger partial charge on any atom is 0.223 e. The molecule has 1 amide bonds. The molecule has 1 fully saturated rings. The van der Waals surface area contributed by atoms with Crippen molar-refractivity contribution in [3.05, 3.63) is 0 Å². The van der Waals surface area contributed by atoms with E-state index in [0.29, 0.717) is 5.92 Å². The van der Waals surface area contributed by atoms with E-state index in [2.05, 4.69) is 26.1 Å². The maximum atomic E-state index is 11.8. The van der Waals surface area contributed by atoms with Crippen molar-refractivity contribution in [3.8, 4) is 0 Å². The zero-order chi connectivity index (χ0) is 10.6. The van der Waals surface area contributed by atoms with Gasteiger partial charge < -0.3 is 5.32 Å². The van der Waals surface area contributed by atoms with Gasteiger partial charge in [0.2, 0.25) is 5.91 Å². The molecule has 0 radical (unpaired) electrons. The predicted molar refractivity (Wildman–Crippen MR) is 59.1 cm³/mol. The van der Waals surface area contributed by atoms with Crippen LogP contribution >= 0.6 is 0 Å². The molecule has 1 aliphatic carbocycles. The van der Waals surface area contributed by atoms with Gasteiger partial charge in [0.25, 0.3) is 0 Å². The van der Waals surface area contributed by atoms with Gasteiger partial charge in [-0.05, 0) is 33.1 Å². The fourth-order valence-electron chi connectivity index (χ4n) is 2.31. The number of nitrogens with one attached hydrogen (secondary N) is 1. The van der Waals surface area contributed by atoms with Crippen LogP contribution in [0.5, 0.6) is 0 Å². The van der Waals surface area contributed by atoms with Gasteiger partial charge in [0.1, 0.15) is 0 Å². The molecule has 1 N–H and O–H groups in total. The Bertz CT molecular complexity index is 192. The highest BCUT2D eigenvalue weighted by atomic mass is 16.2. The van der Waals surface area contributed by atoms with E-state index in [1.165, 1.54) is 12.8 Å². The first-order chi connectivity index (χ1) is 6.55. The highest BCUT2D eigenvalue weighted by Gasteiger charge is 2.27. The minimum atomic E-state index is -0.0194. The van der Waals surface area contributed by atoms with Crippen LogP contribution < -0.4 is 5.32 Å². The van der Waals surface area contributed by atoms with Crippen molar-refractivity contribution < 1.29 is 4.79 Å². The molecule has 1 rings (SSSR count). The largest absolute Gasteiger partial charge is 0.351 e. The average Bonchev–Trinajstić information content (AvgIpc) is 2.53. The van der Waals surface area contributed by atoms with Crippen LogP contribution in [0, 0.1) is 5.92 Å². The molecule has 0 heterocycles. The van der Waals surface area contributed by atoms with Crippen molar-refractivity contribution in [2.45, 2.75) is 64.8 Å². The summed E-state index contributed by atoms with van der Waals surface area (Å²) in [6, 6.07) is 0. The molecule has 82 valence electrons. The van der Waals surface area contributed by atoms with Gasteiger partial charge >= 0.3 is 0 Å². The molecular weight excluding hydrogens is 174 g/mol. The molecule has 2 nitrogen and oxygen atoms in total. The van der Waals surface area contributed by atoms with E-state index in [0.717, 1.165) is 25.7 Å². The number of hydrogen-bond donors (Lipinski definition) is 1. The van der Waals surface area contributed by atoms with Crippen LogP contribution in [0.4, 0.5) is 0 Å². The summed E-state index contributed by atoms with van der Waals surface area (Å²) in [5, 5.41) is 3.16. The van der Waals surface area contributed by atoms with Crippen LogP contribution in [-0.4, -0.2) is 11.4 Å². The molecule has 0 saturated heterocycles. The van der Waals surface area contributed by atoms with E-state index in [1.807, 2.05) is 0 Å². The second kappa shape index (κ2) is 4.81. The first-order valence-corrected chi connectivity index (χ1v) is 5.87. The zero-order valence-electron chi connectivity index (χ0n) is 9.73. The third-order valence-electron chi connectivity index (χ3n) is 3.06. The van der Waals surface area contributed by atoms with Gasteiger partial charge in [-0.3, -0.25) is 4.79 Å². The summed E-state index contributed by atoms with van der Waals surface area (Å²) in [6.07, 6.45) is 6.82. The van der Waals surface area contributed by atoms with Crippen molar-refractivity contribution in [1.82, 2.24) is 5.32 Å². The molecule has 0 unspecified atom stereocenters. The SMILES string of the molecule is CCCC(C)(C)NC(=O)C1CCCC1. The van der Waals surface area contributed by atoms with Gasteiger partial charge in [-0.15, -0.1) is 0 Å². The lowest BCUT2D eigenvalue weighted by Crippen LogP contribution is -2.45. The van der Waals surface area contributed by atoms with Gasteiger partial charge in [-0.25, -0.2) is 0 Å². The summed E-state index contributed by atoms with van der Waals surface area (Å²) in [5.74, 6) is 0.576. The summed E-state index contributed by atoms with van der Waals surface area (Å²) >= 11 is 0. The third kappa shape index (κ3) is 3.32. The number of rotatable bonds is 4. The molecule has 0 aliphatic heterocycles. The highest BCUT2D eigenvalue weighted by Crippen LogP contribution is 2.25. The Morgan fingerprint density at radius 3 is 2.43 bits per heavy atom. The Labute approximate surface area is 87.5 Å². The Morgan fingerprint density at radius 2 is 1.93 bits per heavy atom. The number of amides is 1. The van der Waals surface area contributed by atoms with Crippen LogP contribution in [0.1, 0.15) is 59.3 Å². The Kier molecular flexibility index (Phi) is 3.97. The maximum absolute atomic E-state index is 11.8. The van der Waals surface area contributed by atoms with E-state index < -0.39 is 0 Å². The van der Waals surface area contributed by atoms with E-state index >= 15 is 0 Å². The molecule has 0 spiro atoms. The standard InChI is InChI=1S/C12H23NO/c1-4-9-12(2,3)13-11(14)10-7-5-6-8-10/h10H,4-9H2,1-3H3,(H,13,14). The molecule has 0 aromatic carbocycles. The van der Waals surface area contributed by atoms with Crippen molar-refractivity contribution in [3.63, 3.8) is 0 Å². The van der Waals surface area contributed by atoms with Gasteiger partial charge in [0.05, 0.1) is 0 Å². The van der Waals surface area contributed by atoms with Crippen LogP contribution in [0.15, 0.2) is 0 Å². The van der Waals surface area contributed by atoms with Gasteiger partial charge in [-0.1, -0.05) is 26.2 Å². The lowest BCUT2D eigenvalue weighted by atomic mass is 9.97. The number of carbonyl (C=O) groups excluding carboxylic acids is 1. The fraction of sp³-hybridized carbons (Fsp3) is 0.917. The van der Waals surface area contributed by atoms with Crippen LogP contribution in [-0.2, 0) is 4.79 Å². The van der Waals surface area contributed by atoms with Gasteiger partial charge in [0.15, 0.2) is 0 Å². The average molecular weight is 197 g/mol. The summed E-state index contributed by atoms with van der Waals surface area (Å²) < 4.78 is 0. The van der Waals surface area contributed by atoms with E-state index in [9.17, 15) is 4.79 Å². The lowest BCUT2D eigenvalue weighted by Gasteiger charge is -2.27. The molecule has 0 aromatic heterocycles. The van der Waals surface area contributed by atoms with Gasteiger partial charge in [0, 0.05) is 11.5 Å². The Hall–Kier alpha value is -0.530. The summed E-state index contributed by atoms with van der Waals surface area (Å²) in [6.45, 7) is 6.39. The quantitative estimate of drug-likeness (QED) is 0.737. The molecule has 0 aromatic rings. The summed E-state index contributed by atoms with van der Waals surface area (Å²) in [5.41, 5.74) is -0.0194. The minimum Gasteiger partial charge on any atom is -0.351 e. The van der Waals surface area contributed by atoms with E-state index in [1.54, 1.807) is 0 Å². The molecular formula is C12H23NO. The van der Waals surface area contributed by atoms with Gasteiger partial charge in [-0.2, -0.15) is 0 Å². The van der Waals surface area contributed by atoms with Crippen molar-refractivity contribution in [2.24, 2.45) is 5.92 Å². The molecule has 14 heavy (non-hydrogen) atoms. The lowest BCUT2D eigenvalue weighted by molar-refractivity contribution is -0.126. The predicted octanol–water partition coefficient (Wildman–Crippen LogP) is 2.87. The molecule has 0 atom stereocenters. The Balaban J connectivity index is 2.38. The van der Waals surface area contributed by atoms with E-state index in [-0.39, 0.29) is 11.4 Å². The number of carbonyl (C=O) groups is 1. The van der Waals surface area contributed by atoms with Crippen molar-refractivity contribution in [2.75, 3.05) is 0 Å². The topological polar surface area (TPSA) is 29.1 Å². The summed E-state index contributed by atoms with van der Waals surface area (Å²) in [7, 11) is 0. The van der Waals surface area contributed by atoms with E-state index in [4.69, 9.17) is 0 Å². The second-order valence-electron chi connectivity index (χ2n) is 5.10. The molecule has 0 bridgehead atoms. The smallest absolute Gasteiger partial charge is 0.223 e. The van der Waals surface area contributed by atoms with Crippen molar-refractivity contribution in [1.29, 1.82) is 0 Å². The Morgan fingerprint density at radius 1 is 1.36 bits per heavy atom. The monoisotopic (exact) mass is 197 g/mol. The third-order valence-corrected chi connectivity index (χ3v) is 3.06. The number of hydrogen-bond acceptors (Lipinski definition) is 1. The summed E-state index contributed by atoms with van der Waals surface area (Å²) in [4.78, 5) is 11.8. The second-order valence-corrected chi connectivity index (χ2v) is 5.10. The van der Waals surface area contributed by atoms with Crippen LogP contribution in [0.2, 0.25) is 0 Å². The highest BCUT2D eigenvalue weighted by molar-refractivity contribution is 5.79. The first kappa shape index (κ1) is 11.5. The molecule has 2 heteroatoms. The van der Waals surface area contributed by atoms with Crippen LogP contribution in [0.3, 0.4) is 0 Å². The minimum absolute atomic E-state index is 0.0194. The normalized spacial score (nSPS) is 18.5. The van der Waals surface area contributed by atoms with Crippen molar-refractivity contribution >= 4 is 5.91 Å². The fourth-order valence-corrected chi connectivity index (χ4v) is 2.31. The zero-order valence-corrected chi connectivity index (χ0v) is 9.73. The molecule has 1 saturated carbocycles.